The van der Waals surface area contributed by atoms with Crippen LogP contribution in [-0.2, 0) is 18.3 Å². The van der Waals surface area contributed by atoms with Crippen LogP contribution in [0.25, 0.3) is 0 Å². The Kier molecular flexibility index (Phi) is 4.83. The minimum Gasteiger partial charge on any atom is -0.476 e. The number of methoxy groups -OCH3 is 1. The molecule has 0 saturated heterocycles. The average molecular weight is 291 g/mol. The molecule has 112 valence electrons. The van der Waals surface area contributed by atoms with E-state index in [0.29, 0.717) is 25.5 Å². The molecule has 8 heteroatoms. The number of nitrogens with zero attached hydrogens (tertiary/aromatic N) is 5. The molecule has 0 aliphatic heterocycles. The quantitative estimate of drug-likeness (QED) is 0.796. The van der Waals surface area contributed by atoms with Crippen LogP contribution in [0.2, 0.25) is 0 Å². The van der Waals surface area contributed by atoms with Gasteiger partial charge in [0, 0.05) is 26.9 Å². The number of hydrogen-bond acceptors (Lipinski definition) is 6. The fourth-order valence-electron chi connectivity index (χ4n) is 1.82. The monoisotopic (exact) mass is 291 g/mol. The minimum absolute atomic E-state index is 0.0778. The number of aromatic nitrogens is 4. The second kappa shape index (κ2) is 6.80. The molecule has 0 atom stereocenters. The molecule has 0 spiro atoms. The molecular formula is C13H17N5O3. The van der Waals surface area contributed by atoms with Gasteiger partial charge < -0.3 is 14.7 Å². The van der Waals surface area contributed by atoms with Gasteiger partial charge in [-0.2, -0.15) is 5.10 Å². The zero-order valence-electron chi connectivity index (χ0n) is 11.9. The molecule has 0 radical (unpaired) electrons. The molecule has 0 fully saturated rings. The van der Waals surface area contributed by atoms with Gasteiger partial charge >= 0.3 is 5.97 Å². The van der Waals surface area contributed by atoms with Crippen molar-refractivity contribution >= 4 is 11.8 Å². The van der Waals surface area contributed by atoms with Crippen molar-refractivity contribution in [3.8, 4) is 0 Å². The Morgan fingerprint density at radius 1 is 1.43 bits per heavy atom. The highest BCUT2D eigenvalue weighted by Crippen LogP contribution is 2.13. The Hall–Kier alpha value is -2.48. The first-order valence-corrected chi connectivity index (χ1v) is 6.38. The Morgan fingerprint density at radius 2 is 2.24 bits per heavy atom. The largest absolute Gasteiger partial charge is 0.476 e. The summed E-state index contributed by atoms with van der Waals surface area (Å²) in [6.45, 7) is 1.73. The first-order chi connectivity index (χ1) is 10.1. The standard InChI is InChI=1S/C13H17N5O3/c1-17-10(3-4-16-17)9-18(5-6-21-2)12-8-14-11(7-15-12)13(19)20/h3-4,7-8H,5-6,9H2,1-2H3,(H,19,20). The lowest BCUT2D eigenvalue weighted by molar-refractivity contribution is 0.0690. The van der Waals surface area contributed by atoms with Gasteiger partial charge in [0.25, 0.3) is 0 Å². The van der Waals surface area contributed by atoms with E-state index in [2.05, 4.69) is 15.1 Å². The Balaban J connectivity index is 2.18. The molecule has 1 N–H and O–H groups in total. The Labute approximate surface area is 122 Å². The van der Waals surface area contributed by atoms with Crippen LogP contribution in [0.15, 0.2) is 24.7 Å². The summed E-state index contributed by atoms with van der Waals surface area (Å²) in [5.74, 6) is -0.498. The van der Waals surface area contributed by atoms with Crippen molar-refractivity contribution in [1.29, 1.82) is 0 Å². The lowest BCUT2D eigenvalue weighted by Gasteiger charge is -2.23. The third-order valence-electron chi connectivity index (χ3n) is 3.02. The predicted molar refractivity (Wildman–Crippen MR) is 75.1 cm³/mol. The number of carboxylic acids is 1. The minimum atomic E-state index is -1.09. The van der Waals surface area contributed by atoms with E-state index in [1.807, 2.05) is 18.0 Å². The molecular weight excluding hydrogens is 274 g/mol. The summed E-state index contributed by atoms with van der Waals surface area (Å²) in [7, 11) is 3.49. The van der Waals surface area contributed by atoms with Crippen LogP contribution in [0.1, 0.15) is 16.2 Å². The van der Waals surface area contributed by atoms with E-state index < -0.39 is 5.97 Å². The number of hydrogen-bond donors (Lipinski definition) is 1. The van der Waals surface area contributed by atoms with E-state index in [4.69, 9.17) is 9.84 Å². The number of aryl methyl sites for hydroxylation is 1. The Morgan fingerprint density at radius 3 is 2.76 bits per heavy atom. The summed E-state index contributed by atoms with van der Waals surface area (Å²) in [6, 6.07) is 1.92. The summed E-state index contributed by atoms with van der Waals surface area (Å²) in [5.41, 5.74) is 0.932. The highest BCUT2D eigenvalue weighted by atomic mass is 16.5. The van der Waals surface area contributed by atoms with Crippen LogP contribution in [0, 0.1) is 0 Å². The highest BCUT2D eigenvalue weighted by molar-refractivity contribution is 5.84. The molecule has 21 heavy (non-hydrogen) atoms. The molecule has 0 amide bonds. The topological polar surface area (TPSA) is 93.4 Å². The zero-order chi connectivity index (χ0) is 15.2. The van der Waals surface area contributed by atoms with Crippen molar-refractivity contribution < 1.29 is 14.6 Å². The smallest absolute Gasteiger partial charge is 0.356 e. The number of carbonyl (C=O) groups is 1. The van der Waals surface area contributed by atoms with Gasteiger partial charge in [-0.3, -0.25) is 4.68 Å². The SMILES string of the molecule is COCCN(Cc1ccnn1C)c1cnc(C(=O)O)cn1. The molecule has 0 aromatic carbocycles. The van der Waals surface area contributed by atoms with E-state index in [1.165, 1.54) is 12.4 Å². The van der Waals surface area contributed by atoms with Gasteiger partial charge in [-0.1, -0.05) is 0 Å². The van der Waals surface area contributed by atoms with Crippen LogP contribution >= 0.6 is 0 Å². The summed E-state index contributed by atoms with van der Waals surface area (Å²) in [6.07, 6.45) is 4.43. The first-order valence-electron chi connectivity index (χ1n) is 6.38. The van der Waals surface area contributed by atoms with Crippen molar-refractivity contribution in [3.63, 3.8) is 0 Å². The predicted octanol–water partition coefficient (Wildman–Crippen LogP) is 0.561. The van der Waals surface area contributed by atoms with Crippen LogP contribution < -0.4 is 4.90 Å². The second-order valence-corrected chi connectivity index (χ2v) is 4.43. The van der Waals surface area contributed by atoms with Crippen molar-refractivity contribution in [2.24, 2.45) is 7.05 Å². The maximum atomic E-state index is 10.8. The van der Waals surface area contributed by atoms with Crippen molar-refractivity contribution in [3.05, 3.63) is 36.0 Å². The van der Waals surface area contributed by atoms with E-state index in [9.17, 15) is 4.79 Å². The lowest BCUT2D eigenvalue weighted by atomic mass is 10.3. The fraction of sp³-hybridized carbons (Fsp3) is 0.385. The van der Waals surface area contributed by atoms with Crippen molar-refractivity contribution in [1.82, 2.24) is 19.7 Å². The van der Waals surface area contributed by atoms with Gasteiger partial charge in [0.2, 0.25) is 0 Å². The van der Waals surface area contributed by atoms with E-state index in [1.54, 1.807) is 18.0 Å². The van der Waals surface area contributed by atoms with Gasteiger partial charge in [0.05, 0.1) is 31.2 Å². The third kappa shape index (κ3) is 3.76. The first kappa shape index (κ1) is 14.9. The lowest BCUT2D eigenvalue weighted by Crippen LogP contribution is -2.28. The van der Waals surface area contributed by atoms with Crippen LogP contribution in [0.3, 0.4) is 0 Å². The molecule has 0 aliphatic carbocycles. The van der Waals surface area contributed by atoms with Gasteiger partial charge in [-0.25, -0.2) is 14.8 Å². The van der Waals surface area contributed by atoms with Gasteiger partial charge in [0.1, 0.15) is 5.82 Å². The van der Waals surface area contributed by atoms with E-state index in [0.717, 1.165) is 5.69 Å². The summed E-state index contributed by atoms with van der Waals surface area (Å²) in [4.78, 5) is 20.8. The summed E-state index contributed by atoms with van der Waals surface area (Å²) in [5, 5.41) is 13.0. The normalized spacial score (nSPS) is 10.6. The summed E-state index contributed by atoms with van der Waals surface area (Å²) >= 11 is 0. The number of ether oxygens (including phenoxy) is 1. The maximum absolute atomic E-state index is 10.8. The molecule has 2 aromatic heterocycles. The van der Waals surface area contributed by atoms with Gasteiger partial charge in [-0.05, 0) is 6.07 Å². The van der Waals surface area contributed by atoms with Gasteiger partial charge in [-0.15, -0.1) is 0 Å². The van der Waals surface area contributed by atoms with E-state index >= 15 is 0 Å². The average Bonchev–Trinajstić information content (AvgIpc) is 2.88. The van der Waals surface area contributed by atoms with E-state index in [-0.39, 0.29) is 5.69 Å². The van der Waals surface area contributed by atoms with Gasteiger partial charge in [0.15, 0.2) is 5.69 Å². The molecule has 0 saturated carbocycles. The number of anilines is 1. The second-order valence-electron chi connectivity index (χ2n) is 4.43. The molecule has 2 aromatic rings. The molecule has 0 aliphatic rings. The molecule has 2 rings (SSSR count). The zero-order valence-corrected chi connectivity index (χ0v) is 11.9. The van der Waals surface area contributed by atoms with Crippen LogP contribution in [0.4, 0.5) is 5.82 Å². The Bertz CT molecular complexity index is 596. The molecule has 8 nitrogen and oxygen atoms in total. The fourth-order valence-corrected chi connectivity index (χ4v) is 1.82. The number of carboxylic acid groups (broad SMARTS) is 1. The molecule has 2 heterocycles. The molecule has 0 unspecified atom stereocenters. The third-order valence-corrected chi connectivity index (χ3v) is 3.02. The van der Waals surface area contributed by atoms with Crippen molar-refractivity contribution in [2.75, 3.05) is 25.2 Å². The number of rotatable bonds is 7. The van der Waals surface area contributed by atoms with Crippen molar-refractivity contribution in [2.45, 2.75) is 6.54 Å². The molecule has 0 bridgehead atoms. The summed E-state index contributed by atoms with van der Waals surface area (Å²) < 4.78 is 6.88. The van der Waals surface area contributed by atoms with Crippen LogP contribution in [-0.4, -0.2) is 51.1 Å². The van der Waals surface area contributed by atoms with Crippen LogP contribution in [0.5, 0.6) is 0 Å². The number of aromatic carboxylic acids is 1. The highest BCUT2D eigenvalue weighted by Gasteiger charge is 2.13. The maximum Gasteiger partial charge on any atom is 0.356 e.